The number of aromatic nitrogens is 3. The van der Waals surface area contributed by atoms with Crippen LogP contribution in [0.1, 0.15) is 49.9 Å². The van der Waals surface area contributed by atoms with Crippen LogP contribution in [0.4, 0.5) is 14.6 Å². The molecule has 4 aromatic rings. The first-order valence-corrected chi connectivity index (χ1v) is 13.1. The van der Waals surface area contributed by atoms with Crippen molar-refractivity contribution in [3.05, 3.63) is 53.7 Å². The van der Waals surface area contributed by atoms with E-state index in [0.717, 1.165) is 44.6 Å². The Bertz CT molecular complexity index is 1710. The molecule has 3 aliphatic heterocycles. The summed E-state index contributed by atoms with van der Waals surface area (Å²) in [6.07, 6.45) is 9.71. The summed E-state index contributed by atoms with van der Waals surface area (Å²) in [5.41, 5.74) is 1.82. The fraction of sp³-hybridized carbons (Fsp3) is 0.333. The summed E-state index contributed by atoms with van der Waals surface area (Å²) >= 11 is 0. The highest BCUT2D eigenvalue weighted by Crippen LogP contribution is 2.46. The number of nitrogens with one attached hydrogen (secondary N) is 1. The molecule has 2 bridgehead atoms. The number of phenols is 1. The molecule has 0 amide bonds. The second kappa shape index (κ2) is 8.27. The second-order valence-corrected chi connectivity index (χ2v) is 10.8. The zero-order valence-corrected chi connectivity index (χ0v) is 21.1. The number of halogens is 2. The SMILES string of the molecule is C#Cc1c(F)ccc2cc(O)cc(-c3nc(C(=C)C)c4c(N5C[C@@H]6CCC5CN6)nn(C5CC5)c4c3F)c12. The van der Waals surface area contributed by atoms with Gasteiger partial charge in [0.25, 0.3) is 0 Å². The molecule has 0 spiro atoms. The molecule has 6 nitrogen and oxygen atoms in total. The lowest BCUT2D eigenvalue weighted by Gasteiger charge is -2.46. The van der Waals surface area contributed by atoms with E-state index in [-0.39, 0.29) is 34.7 Å². The third kappa shape index (κ3) is 3.35. The van der Waals surface area contributed by atoms with Gasteiger partial charge in [0.15, 0.2) is 11.6 Å². The third-order valence-corrected chi connectivity index (χ3v) is 8.14. The van der Waals surface area contributed by atoms with Crippen molar-refractivity contribution in [2.45, 2.75) is 50.7 Å². The predicted octanol–water partition coefficient (Wildman–Crippen LogP) is 5.53. The van der Waals surface area contributed by atoms with E-state index < -0.39 is 11.6 Å². The van der Waals surface area contributed by atoms with E-state index >= 15 is 4.39 Å². The molecule has 2 aromatic carbocycles. The van der Waals surface area contributed by atoms with Gasteiger partial charge in [0.2, 0.25) is 0 Å². The number of nitrogens with zero attached hydrogens (tertiary/aromatic N) is 4. The van der Waals surface area contributed by atoms with Crippen molar-refractivity contribution in [1.82, 2.24) is 20.1 Å². The molecule has 192 valence electrons. The molecule has 1 aliphatic carbocycles. The van der Waals surface area contributed by atoms with E-state index in [9.17, 15) is 9.50 Å². The monoisotopic (exact) mass is 511 g/mol. The van der Waals surface area contributed by atoms with Crippen LogP contribution in [0.3, 0.4) is 0 Å². The number of hydrogen-bond acceptors (Lipinski definition) is 5. The number of allylic oxidation sites excluding steroid dienone is 1. The van der Waals surface area contributed by atoms with E-state index in [4.69, 9.17) is 16.5 Å². The van der Waals surface area contributed by atoms with Gasteiger partial charge >= 0.3 is 0 Å². The molecule has 2 N–H and O–H groups in total. The molecule has 0 radical (unpaired) electrons. The van der Waals surface area contributed by atoms with Crippen LogP contribution < -0.4 is 10.2 Å². The van der Waals surface area contributed by atoms with Crippen molar-refractivity contribution >= 4 is 33.1 Å². The molecule has 2 atom stereocenters. The molecule has 8 heteroatoms. The van der Waals surface area contributed by atoms with Crippen LogP contribution in [0.15, 0.2) is 30.8 Å². The Morgan fingerprint density at radius 3 is 2.58 bits per heavy atom. The Kier molecular flexibility index (Phi) is 5.04. The van der Waals surface area contributed by atoms with E-state index in [2.05, 4.69) is 22.7 Å². The van der Waals surface area contributed by atoms with Crippen LogP contribution >= 0.6 is 0 Å². The number of rotatable bonds is 4. The number of piperazine rings is 1. The number of phenolic OH excluding ortho intramolecular Hbond substituents is 1. The first kappa shape index (κ1) is 23.2. The van der Waals surface area contributed by atoms with Crippen LogP contribution in [-0.2, 0) is 0 Å². The summed E-state index contributed by atoms with van der Waals surface area (Å²) in [5.74, 6) is 1.92. The van der Waals surface area contributed by atoms with Crippen molar-refractivity contribution in [2.75, 3.05) is 18.0 Å². The average molecular weight is 512 g/mol. The minimum Gasteiger partial charge on any atom is -0.508 e. The number of aromatic hydroxyl groups is 1. The smallest absolute Gasteiger partial charge is 0.175 e. The minimum atomic E-state index is -0.590. The Morgan fingerprint density at radius 2 is 1.95 bits per heavy atom. The van der Waals surface area contributed by atoms with Crippen molar-refractivity contribution in [3.63, 3.8) is 0 Å². The van der Waals surface area contributed by atoms with Crippen LogP contribution in [-0.4, -0.2) is 45.0 Å². The van der Waals surface area contributed by atoms with E-state index in [1.165, 1.54) is 24.3 Å². The molecule has 1 saturated carbocycles. The Labute approximate surface area is 219 Å². The Balaban J connectivity index is 1.56. The van der Waals surface area contributed by atoms with Crippen molar-refractivity contribution in [2.24, 2.45) is 0 Å². The van der Waals surface area contributed by atoms with Gasteiger partial charge in [-0.1, -0.05) is 18.6 Å². The highest BCUT2D eigenvalue weighted by atomic mass is 19.1. The maximum Gasteiger partial charge on any atom is 0.175 e. The first-order valence-electron chi connectivity index (χ1n) is 13.1. The lowest BCUT2D eigenvalue weighted by Crippen LogP contribution is -2.61. The van der Waals surface area contributed by atoms with E-state index in [1.807, 2.05) is 6.92 Å². The zero-order valence-electron chi connectivity index (χ0n) is 21.1. The number of fused-ring (bicyclic) bond motifs is 5. The topological polar surface area (TPSA) is 66.2 Å². The standard InChI is InChI=1S/C30H27F2N5O/c1-4-21-23(31)10-5-16-11-20(38)12-22(24(16)21)28-26(32)29-25(27(34-28)15(2)3)30(35-37(29)18-8-9-18)36-14-17-6-7-19(36)13-33-17/h1,5,10-12,17-19,33,38H,2,6-9,13-14H2,3H3/t17-,19?/m0/s1. The molecule has 4 fully saturated rings. The van der Waals surface area contributed by atoms with Crippen molar-refractivity contribution in [3.8, 4) is 29.4 Å². The zero-order chi connectivity index (χ0) is 26.3. The fourth-order valence-corrected chi connectivity index (χ4v) is 6.17. The molecule has 1 unspecified atom stereocenters. The maximum absolute atomic E-state index is 16.8. The van der Waals surface area contributed by atoms with Gasteiger partial charge in [-0.25, -0.2) is 13.8 Å². The quantitative estimate of drug-likeness (QED) is 0.353. The van der Waals surface area contributed by atoms with Gasteiger partial charge < -0.3 is 15.3 Å². The molecule has 38 heavy (non-hydrogen) atoms. The number of piperidine rings is 2. The van der Waals surface area contributed by atoms with Gasteiger partial charge in [0.1, 0.15) is 22.8 Å². The third-order valence-electron chi connectivity index (χ3n) is 8.14. The molecular formula is C30H27F2N5O. The number of pyridine rings is 1. The highest BCUT2D eigenvalue weighted by molar-refractivity contribution is 6.05. The summed E-state index contributed by atoms with van der Waals surface area (Å²) in [4.78, 5) is 7.11. The maximum atomic E-state index is 16.8. The molecule has 4 aliphatic rings. The number of hydrogen-bond donors (Lipinski definition) is 2. The molecule has 8 rings (SSSR count). The van der Waals surface area contributed by atoms with Gasteiger partial charge in [-0.2, -0.15) is 5.10 Å². The molecule has 2 aromatic heterocycles. The van der Waals surface area contributed by atoms with Crippen LogP contribution in [0.5, 0.6) is 5.75 Å². The van der Waals surface area contributed by atoms with Gasteiger partial charge in [-0.3, -0.25) is 4.68 Å². The lowest BCUT2D eigenvalue weighted by molar-refractivity contribution is 0.289. The predicted molar refractivity (Wildman–Crippen MR) is 145 cm³/mol. The largest absolute Gasteiger partial charge is 0.508 e. The van der Waals surface area contributed by atoms with Gasteiger partial charge in [0, 0.05) is 36.1 Å². The fourth-order valence-electron chi connectivity index (χ4n) is 6.17. The molecule has 3 saturated heterocycles. The average Bonchev–Trinajstić information content (AvgIpc) is 3.68. The number of terminal acetylenes is 1. The Hall–Kier alpha value is -3.96. The lowest BCUT2D eigenvalue weighted by atomic mass is 9.92. The van der Waals surface area contributed by atoms with E-state index in [0.29, 0.717) is 39.0 Å². The summed E-state index contributed by atoms with van der Waals surface area (Å²) in [6.45, 7) is 7.70. The summed E-state index contributed by atoms with van der Waals surface area (Å²) in [5, 5.41) is 20.6. The van der Waals surface area contributed by atoms with Crippen LogP contribution in [0.2, 0.25) is 0 Å². The summed E-state index contributed by atoms with van der Waals surface area (Å²) < 4.78 is 33.4. The minimum absolute atomic E-state index is 0.00361. The van der Waals surface area contributed by atoms with Crippen molar-refractivity contribution < 1.29 is 13.9 Å². The van der Waals surface area contributed by atoms with Gasteiger partial charge in [0.05, 0.1) is 22.7 Å². The van der Waals surface area contributed by atoms with E-state index in [1.54, 1.807) is 4.68 Å². The summed E-state index contributed by atoms with van der Waals surface area (Å²) in [6, 6.07) is 6.43. The highest BCUT2D eigenvalue weighted by Gasteiger charge is 2.39. The number of anilines is 1. The molecular weight excluding hydrogens is 484 g/mol. The normalized spacial score (nSPS) is 20.8. The number of benzene rings is 2. The summed E-state index contributed by atoms with van der Waals surface area (Å²) in [7, 11) is 0. The molecule has 5 heterocycles. The van der Waals surface area contributed by atoms with Crippen molar-refractivity contribution in [1.29, 1.82) is 0 Å². The van der Waals surface area contributed by atoms with Gasteiger partial charge in [-0.05, 0) is 61.8 Å². The Morgan fingerprint density at radius 1 is 1.16 bits per heavy atom. The van der Waals surface area contributed by atoms with Crippen LogP contribution in [0.25, 0.3) is 38.5 Å². The van der Waals surface area contributed by atoms with Gasteiger partial charge in [-0.15, -0.1) is 6.42 Å². The van der Waals surface area contributed by atoms with Crippen LogP contribution in [0, 0.1) is 24.0 Å². The first-order chi connectivity index (χ1) is 18.4. The second-order valence-electron chi connectivity index (χ2n) is 10.8.